The summed E-state index contributed by atoms with van der Waals surface area (Å²) in [7, 11) is 0. The van der Waals surface area contributed by atoms with Crippen LogP contribution in [0.15, 0.2) is 60.8 Å². The monoisotopic (exact) mass is 457 g/mol. The minimum absolute atomic E-state index is 0.000417. The zero-order valence-electron chi connectivity index (χ0n) is 20.1. The molecule has 1 aliphatic carbocycles. The van der Waals surface area contributed by atoms with Crippen LogP contribution < -0.4 is 10.1 Å². The first-order valence-corrected chi connectivity index (χ1v) is 12.7. The van der Waals surface area contributed by atoms with Gasteiger partial charge in [-0.25, -0.2) is 0 Å². The molecular weight excluding hydrogens is 422 g/mol. The van der Waals surface area contributed by atoms with E-state index >= 15 is 0 Å². The first-order valence-electron chi connectivity index (χ1n) is 12.7. The van der Waals surface area contributed by atoms with Gasteiger partial charge < -0.3 is 10.1 Å². The van der Waals surface area contributed by atoms with E-state index in [0.717, 1.165) is 50.3 Å². The van der Waals surface area contributed by atoms with E-state index in [1.165, 1.54) is 29.2 Å². The third kappa shape index (κ3) is 5.76. The molecule has 2 fully saturated rings. The quantitative estimate of drug-likeness (QED) is 0.535. The highest BCUT2D eigenvalue weighted by Crippen LogP contribution is 2.27. The molecular formula is C29H35N3O2. The SMILES string of the molecule is Cc1ccc(OC[C@H]2C[C@@H](C(=O)NC3CCCC3)CN(Cc3ccc4ccccc4c3)C2)cn1. The molecule has 0 radical (unpaired) electrons. The van der Waals surface area contributed by atoms with Crippen molar-refractivity contribution in [2.45, 2.75) is 51.6 Å². The van der Waals surface area contributed by atoms with E-state index in [0.29, 0.717) is 18.6 Å². The van der Waals surface area contributed by atoms with Gasteiger partial charge in [0.25, 0.3) is 0 Å². The molecule has 1 amide bonds. The van der Waals surface area contributed by atoms with Gasteiger partial charge in [0.05, 0.1) is 18.7 Å². The predicted molar refractivity (Wildman–Crippen MR) is 136 cm³/mol. The fraction of sp³-hybridized carbons (Fsp3) is 0.448. The lowest BCUT2D eigenvalue weighted by Gasteiger charge is -2.37. The average molecular weight is 458 g/mol. The zero-order chi connectivity index (χ0) is 23.3. The second-order valence-corrected chi connectivity index (χ2v) is 10.1. The molecule has 1 saturated heterocycles. The largest absolute Gasteiger partial charge is 0.492 e. The summed E-state index contributed by atoms with van der Waals surface area (Å²) in [5, 5.41) is 5.87. The Bertz CT molecular complexity index is 1110. The van der Waals surface area contributed by atoms with E-state index in [-0.39, 0.29) is 11.8 Å². The number of hydrogen-bond acceptors (Lipinski definition) is 4. The molecule has 5 rings (SSSR count). The van der Waals surface area contributed by atoms with Crippen LogP contribution in [0.4, 0.5) is 0 Å². The molecule has 1 aliphatic heterocycles. The van der Waals surface area contributed by atoms with E-state index < -0.39 is 0 Å². The number of benzene rings is 2. The number of fused-ring (bicyclic) bond motifs is 1. The maximum absolute atomic E-state index is 13.2. The lowest BCUT2D eigenvalue weighted by Crippen LogP contribution is -2.48. The minimum atomic E-state index is -0.000417. The number of nitrogens with one attached hydrogen (secondary N) is 1. The first-order chi connectivity index (χ1) is 16.6. The van der Waals surface area contributed by atoms with Crippen LogP contribution in [0.1, 0.15) is 43.4 Å². The fourth-order valence-electron chi connectivity index (χ4n) is 5.48. The fourth-order valence-corrected chi connectivity index (χ4v) is 5.48. The summed E-state index contributed by atoms with van der Waals surface area (Å²) in [5.74, 6) is 1.32. The molecule has 3 aromatic rings. The molecule has 2 atom stereocenters. The third-order valence-corrected chi connectivity index (χ3v) is 7.28. The molecule has 5 heteroatoms. The number of aryl methyl sites for hydroxylation is 1. The van der Waals surface area contributed by atoms with Crippen LogP contribution in [-0.2, 0) is 11.3 Å². The maximum Gasteiger partial charge on any atom is 0.224 e. The second-order valence-electron chi connectivity index (χ2n) is 10.1. The highest BCUT2D eigenvalue weighted by atomic mass is 16.5. The molecule has 1 N–H and O–H groups in total. The van der Waals surface area contributed by atoms with Crippen molar-refractivity contribution in [3.05, 3.63) is 72.1 Å². The van der Waals surface area contributed by atoms with E-state index in [9.17, 15) is 4.79 Å². The predicted octanol–water partition coefficient (Wildman–Crippen LogP) is 5.12. The van der Waals surface area contributed by atoms with Crippen LogP contribution in [0.3, 0.4) is 0 Å². The van der Waals surface area contributed by atoms with E-state index in [1.54, 1.807) is 6.20 Å². The molecule has 2 aromatic carbocycles. The summed E-state index contributed by atoms with van der Waals surface area (Å²) >= 11 is 0. The van der Waals surface area contributed by atoms with Gasteiger partial charge in [-0.05, 0) is 60.7 Å². The molecule has 1 saturated carbocycles. The average Bonchev–Trinajstić information content (AvgIpc) is 3.36. The van der Waals surface area contributed by atoms with Gasteiger partial charge in [-0.1, -0.05) is 49.2 Å². The standard InChI is InChI=1S/C29H35N3O2/c1-21-10-13-28(16-30-21)34-20-23-15-26(29(33)31-27-8-4-5-9-27)19-32(18-23)17-22-11-12-24-6-2-3-7-25(24)14-22/h2-3,6-7,10-14,16,23,26-27H,4-5,8-9,15,17-20H2,1H3,(H,31,33)/t23-,26+/m0/s1. The minimum Gasteiger partial charge on any atom is -0.492 e. The van der Waals surface area contributed by atoms with Gasteiger partial charge in [-0.15, -0.1) is 0 Å². The summed E-state index contributed by atoms with van der Waals surface area (Å²) in [6.45, 7) is 5.16. The number of carbonyl (C=O) groups is 1. The van der Waals surface area contributed by atoms with Crippen molar-refractivity contribution >= 4 is 16.7 Å². The Morgan fingerprint density at radius 3 is 2.68 bits per heavy atom. The lowest BCUT2D eigenvalue weighted by atomic mass is 9.88. The molecule has 2 aliphatic rings. The van der Waals surface area contributed by atoms with E-state index in [1.807, 2.05) is 19.1 Å². The number of ether oxygens (including phenoxy) is 1. The normalized spacial score (nSPS) is 21.6. The van der Waals surface area contributed by atoms with E-state index in [4.69, 9.17) is 4.74 Å². The summed E-state index contributed by atoms with van der Waals surface area (Å²) in [6, 6.07) is 19.5. The third-order valence-electron chi connectivity index (χ3n) is 7.28. The van der Waals surface area contributed by atoms with Crippen molar-refractivity contribution in [1.29, 1.82) is 0 Å². The highest BCUT2D eigenvalue weighted by molar-refractivity contribution is 5.83. The van der Waals surface area contributed by atoms with Crippen molar-refractivity contribution in [1.82, 2.24) is 15.2 Å². The van der Waals surface area contributed by atoms with Crippen LogP contribution in [-0.4, -0.2) is 41.5 Å². The number of carbonyl (C=O) groups excluding carboxylic acids is 1. The van der Waals surface area contributed by atoms with Gasteiger partial charge >= 0.3 is 0 Å². The lowest BCUT2D eigenvalue weighted by molar-refractivity contribution is -0.128. The Morgan fingerprint density at radius 1 is 1.06 bits per heavy atom. The summed E-state index contributed by atoms with van der Waals surface area (Å²) in [5.41, 5.74) is 2.27. The van der Waals surface area contributed by atoms with Gasteiger partial charge in [0.1, 0.15) is 5.75 Å². The molecule has 0 bridgehead atoms. The van der Waals surface area contributed by atoms with Crippen LogP contribution in [0.2, 0.25) is 0 Å². The maximum atomic E-state index is 13.2. The number of hydrogen-bond donors (Lipinski definition) is 1. The smallest absolute Gasteiger partial charge is 0.224 e. The number of pyridine rings is 1. The van der Waals surface area contributed by atoms with E-state index in [2.05, 4.69) is 57.7 Å². The van der Waals surface area contributed by atoms with Gasteiger partial charge in [0, 0.05) is 37.3 Å². The molecule has 34 heavy (non-hydrogen) atoms. The van der Waals surface area contributed by atoms with Crippen LogP contribution >= 0.6 is 0 Å². The molecule has 0 spiro atoms. The topological polar surface area (TPSA) is 54.5 Å². The number of piperidine rings is 1. The van der Waals surface area contributed by atoms with Crippen LogP contribution in [0.5, 0.6) is 5.75 Å². The summed E-state index contributed by atoms with van der Waals surface area (Å²) in [4.78, 5) is 20.0. The highest BCUT2D eigenvalue weighted by Gasteiger charge is 2.33. The number of rotatable bonds is 7. The Hall–Kier alpha value is -2.92. The number of aromatic nitrogens is 1. The summed E-state index contributed by atoms with van der Waals surface area (Å²) in [6.07, 6.45) is 7.34. The van der Waals surface area contributed by atoms with Crippen molar-refractivity contribution in [2.75, 3.05) is 19.7 Å². The molecule has 1 aromatic heterocycles. The zero-order valence-corrected chi connectivity index (χ0v) is 20.1. The molecule has 5 nitrogen and oxygen atoms in total. The second kappa shape index (κ2) is 10.6. The Labute approximate surface area is 202 Å². The van der Waals surface area contributed by atoms with Crippen LogP contribution in [0, 0.1) is 18.8 Å². The van der Waals surface area contributed by atoms with Crippen molar-refractivity contribution in [2.24, 2.45) is 11.8 Å². The first kappa shape index (κ1) is 22.9. The van der Waals surface area contributed by atoms with Crippen LogP contribution in [0.25, 0.3) is 10.8 Å². The molecule has 178 valence electrons. The van der Waals surface area contributed by atoms with Gasteiger partial charge in [0.2, 0.25) is 5.91 Å². The number of amides is 1. The van der Waals surface area contributed by atoms with Crippen molar-refractivity contribution < 1.29 is 9.53 Å². The molecule has 2 heterocycles. The summed E-state index contributed by atoms with van der Waals surface area (Å²) < 4.78 is 6.10. The number of nitrogens with zero attached hydrogens (tertiary/aromatic N) is 2. The van der Waals surface area contributed by atoms with Crippen molar-refractivity contribution in [3.63, 3.8) is 0 Å². The Balaban J connectivity index is 1.28. The van der Waals surface area contributed by atoms with Gasteiger partial charge in [-0.2, -0.15) is 0 Å². The van der Waals surface area contributed by atoms with Crippen molar-refractivity contribution in [3.8, 4) is 5.75 Å². The van der Waals surface area contributed by atoms with Gasteiger partial charge in [0.15, 0.2) is 0 Å². The van der Waals surface area contributed by atoms with Gasteiger partial charge in [-0.3, -0.25) is 14.7 Å². The number of likely N-dealkylation sites (tertiary alicyclic amines) is 1. The molecule has 0 unspecified atom stereocenters. The Kier molecular flexibility index (Phi) is 7.10. The Morgan fingerprint density at radius 2 is 1.88 bits per heavy atom.